The minimum Gasteiger partial charge on any atom is -0.497 e. The lowest BCUT2D eigenvalue weighted by Gasteiger charge is -2.07. The fourth-order valence-corrected chi connectivity index (χ4v) is 2.08. The van der Waals surface area contributed by atoms with Crippen molar-refractivity contribution in [2.75, 3.05) is 12.8 Å². The number of hydrogen-bond acceptors (Lipinski definition) is 2. The molecule has 0 spiro atoms. The molecule has 0 aliphatic heterocycles. The van der Waals surface area contributed by atoms with Gasteiger partial charge in [-0.05, 0) is 36.4 Å². The molecule has 2 aromatic rings. The second-order valence-electron chi connectivity index (χ2n) is 4.30. The molecule has 0 bridgehead atoms. The lowest BCUT2D eigenvalue weighted by molar-refractivity contribution is 0.371. The highest BCUT2D eigenvalue weighted by atomic mass is 35.5. The summed E-state index contributed by atoms with van der Waals surface area (Å²) in [6.45, 7) is 3.84. The Kier molecular flexibility index (Phi) is 4.80. The summed E-state index contributed by atoms with van der Waals surface area (Å²) in [6, 6.07) is 10.5. The van der Waals surface area contributed by atoms with Gasteiger partial charge in [-0.2, -0.15) is 0 Å². The Morgan fingerprint density at radius 2 is 1.67 bits per heavy atom. The van der Waals surface area contributed by atoms with Gasteiger partial charge in [0.2, 0.25) is 0 Å². The third-order valence-corrected chi connectivity index (χ3v) is 3.35. The molecule has 2 nitrogen and oxygen atoms in total. The van der Waals surface area contributed by atoms with Crippen molar-refractivity contribution in [1.82, 2.24) is 0 Å². The Balaban J connectivity index is 2.47. The van der Waals surface area contributed by atoms with E-state index in [1.165, 1.54) is 0 Å². The molecule has 0 heterocycles. The number of hydrogen-bond donors (Lipinski definition) is 1. The van der Waals surface area contributed by atoms with Crippen LogP contribution in [0.4, 0.5) is 5.69 Å². The van der Waals surface area contributed by atoms with Gasteiger partial charge < -0.3 is 10.5 Å². The minimum absolute atomic E-state index is 0.501. The molecule has 0 saturated carbocycles. The Morgan fingerprint density at radius 3 is 2.38 bits per heavy atom. The molecule has 0 amide bonds. The lowest BCUT2D eigenvalue weighted by Crippen LogP contribution is -1.92. The molecular weight excluding hydrogens is 305 g/mol. The van der Waals surface area contributed by atoms with Crippen molar-refractivity contribution in [2.45, 2.75) is 0 Å². The third-order valence-electron chi connectivity index (χ3n) is 2.88. The largest absolute Gasteiger partial charge is 0.497 e. The average Bonchev–Trinajstić information content (AvgIpc) is 2.48. The Morgan fingerprint density at radius 1 is 1.05 bits per heavy atom. The number of halogens is 2. The van der Waals surface area contributed by atoms with Gasteiger partial charge in [0.05, 0.1) is 7.11 Å². The second kappa shape index (κ2) is 6.58. The zero-order valence-electron chi connectivity index (χ0n) is 11.4. The summed E-state index contributed by atoms with van der Waals surface area (Å²) in [5, 5.41) is 1.18. The molecule has 0 aromatic heterocycles. The van der Waals surface area contributed by atoms with Crippen molar-refractivity contribution in [3.05, 3.63) is 69.7 Å². The topological polar surface area (TPSA) is 35.2 Å². The summed E-state index contributed by atoms with van der Waals surface area (Å²) in [7, 11) is 1.55. The molecule has 21 heavy (non-hydrogen) atoms. The molecule has 0 atom stereocenters. The van der Waals surface area contributed by atoms with Crippen LogP contribution in [0, 0.1) is 11.8 Å². The molecule has 0 aliphatic carbocycles. The van der Waals surface area contributed by atoms with Crippen LogP contribution in [-0.4, -0.2) is 7.11 Å². The van der Waals surface area contributed by atoms with E-state index >= 15 is 0 Å². The molecule has 0 unspecified atom stereocenters. The van der Waals surface area contributed by atoms with Crippen LogP contribution in [0.1, 0.15) is 16.7 Å². The van der Waals surface area contributed by atoms with E-state index in [1.54, 1.807) is 37.4 Å². The van der Waals surface area contributed by atoms with Crippen LogP contribution in [0.3, 0.4) is 0 Å². The van der Waals surface area contributed by atoms with Crippen molar-refractivity contribution in [1.29, 1.82) is 0 Å². The van der Waals surface area contributed by atoms with Crippen molar-refractivity contribution in [3.8, 4) is 11.8 Å². The Hall–Kier alpha value is -2.08. The molecule has 0 aliphatic rings. The first-order valence-corrected chi connectivity index (χ1v) is 6.86. The summed E-state index contributed by atoms with van der Waals surface area (Å²) in [5.74, 6) is 6.56. The maximum atomic E-state index is 6.00. The van der Waals surface area contributed by atoms with Crippen LogP contribution in [0.25, 0.3) is 5.76 Å². The third kappa shape index (κ3) is 3.72. The van der Waals surface area contributed by atoms with Gasteiger partial charge in [-0.3, -0.25) is 0 Å². The van der Waals surface area contributed by atoms with Gasteiger partial charge in [-0.15, -0.1) is 0 Å². The zero-order valence-corrected chi connectivity index (χ0v) is 12.9. The van der Waals surface area contributed by atoms with Gasteiger partial charge in [-0.1, -0.05) is 41.6 Å². The van der Waals surface area contributed by atoms with Gasteiger partial charge in [0, 0.05) is 32.4 Å². The summed E-state index contributed by atoms with van der Waals surface area (Å²) in [5.41, 5.74) is 8.63. The molecule has 2 rings (SSSR count). The van der Waals surface area contributed by atoms with E-state index < -0.39 is 0 Å². The number of nitrogens with two attached hydrogens (primary N) is 1. The minimum atomic E-state index is 0.501. The highest BCUT2D eigenvalue weighted by Gasteiger charge is 2.06. The first-order chi connectivity index (χ1) is 10.0. The van der Waals surface area contributed by atoms with Crippen molar-refractivity contribution >= 4 is 34.6 Å². The standard InChI is InChI=1S/C17H13Cl2NO/c1-11(21-2)16-10-15(19)6-5-12(16)3-4-13-9-14(18)7-8-17(13)20/h5-10H,1,20H2,2H3. The number of rotatable bonds is 2. The average molecular weight is 318 g/mol. The highest BCUT2D eigenvalue weighted by molar-refractivity contribution is 6.31. The fourth-order valence-electron chi connectivity index (χ4n) is 1.74. The maximum Gasteiger partial charge on any atom is 0.120 e. The fraction of sp³-hybridized carbons (Fsp3) is 0.0588. The van der Waals surface area contributed by atoms with Crippen LogP contribution in [-0.2, 0) is 4.74 Å². The van der Waals surface area contributed by atoms with E-state index in [9.17, 15) is 0 Å². The van der Waals surface area contributed by atoms with Crippen molar-refractivity contribution in [3.63, 3.8) is 0 Å². The Bertz CT molecular complexity index is 757. The van der Waals surface area contributed by atoms with E-state index in [0.29, 0.717) is 27.1 Å². The molecule has 0 fully saturated rings. The maximum absolute atomic E-state index is 6.00. The summed E-state index contributed by atoms with van der Waals surface area (Å²) < 4.78 is 5.16. The predicted octanol–water partition coefficient (Wildman–Crippen LogP) is 4.59. The van der Waals surface area contributed by atoms with Crippen LogP contribution in [0.15, 0.2) is 43.0 Å². The molecule has 4 heteroatoms. The van der Waals surface area contributed by atoms with E-state index in [0.717, 1.165) is 11.1 Å². The van der Waals surface area contributed by atoms with Gasteiger partial charge in [0.25, 0.3) is 0 Å². The molecule has 2 N–H and O–H groups in total. The quantitative estimate of drug-likeness (QED) is 0.499. The summed E-state index contributed by atoms with van der Waals surface area (Å²) in [4.78, 5) is 0. The van der Waals surface area contributed by atoms with Crippen LogP contribution in [0.5, 0.6) is 0 Å². The Labute approximate surface area is 134 Å². The van der Waals surface area contributed by atoms with E-state index in [4.69, 9.17) is 33.7 Å². The molecule has 0 radical (unpaired) electrons. The van der Waals surface area contributed by atoms with E-state index in [1.807, 2.05) is 6.07 Å². The van der Waals surface area contributed by atoms with Crippen molar-refractivity contribution in [2.24, 2.45) is 0 Å². The smallest absolute Gasteiger partial charge is 0.120 e. The van der Waals surface area contributed by atoms with Crippen LogP contribution >= 0.6 is 23.2 Å². The molecular formula is C17H13Cl2NO. The number of anilines is 1. The van der Waals surface area contributed by atoms with Gasteiger partial charge >= 0.3 is 0 Å². The number of ether oxygens (including phenoxy) is 1. The zero-order chi connectivity index (χ0) is 15.4. The number of benzene rings is 2. The lowest BCUT2D eigenvalue weighted by atomic mass is 10.1. The number of methoxy groups -OCH3 is 1. The van der Waals surface area contributed by atoms with Crippen LogP contribution in [0.2, 0.25) is 10.0 Å². The van der Waals surface area contributed by atoms with Gasteiger partial charge in [0.1, 0.15) is 5.76 Å². The summed E-state index contributed by atoms with van der Waals surface area (Å²) in [6.07, 6.45) is 0. The SMILES string of the molecule is C=C(OC)c1cc(Cl)ccc1C#Cc1cc(Cl)ccc1N. The second-order valence-corrected chi connectivity index (χ2v) is 5.17. The van der Waals surface area contributed by atoms with Crippen LogP contribution < -0.4 is 5.73 Å². The molecule has 0 saturated heterocycles. The molecule has 106 valence electrons. The molecule has 2 aromatic carbocycles. The first-order valence-electron chi connectivity index (χ1n) is 6.11. The van der Waals surface area contributed by atoms with E-state index in [2.05, 4.69) is 18.4 Å². The van der Waals surface area contributed by atoms with Gasteiger partial charge in [-0.25, -0.2) is 0 Å². The normalized spacial score (nSPS) is 9.67. The monoisotopic (exact) mass is 317 g/mol. The summed E-state index contributed by atoms with van der Waals surface area (Å²) >= 11 is 11.9. The first kappa shape index (κ1) is 15.3. The van der Waals surface area contributed by atoms with Gasteiger partial charge in [0.15, 0.2) is 0 Å². The highest BCUT2D eigenvalue weighted by Crippen LogP contribution is 2.23. The van der Waals surface area contributed by atoms with Crippen molar-refractivity contribution < 1.29 is 4.74 Å². The number of nitrogen functional groups attached to an aromatic ring is 1. The predicted molar refractivity (Wildman–Crippen MR) is 89.3 cm³/mol. The van der Waals surface area contributed by atoms with E-state index in [-0.39, 0.29) is 0 Å².